The molecular weight excluding hydrogens is 645 g/mol. The van der Waals surface area contributed by atoms with Crippen molar-refractivity contribution in [3.8, 4) is 16.9 Å². The summed E-state index contributed by atoms with van der Waals surface area (Å²) in [6, 6.07) is 9.23. The third kappa shape index (κ3) is 5.15. The van der Waals surface area contributed by atoms with Crippen molar-refractivity contribution >= 4 is 35.1 Å². The molecule has 7 rings (SSSR count). The van der Waals surface area contributed by atoms with Crippen LogP contribution < -0.4 is 9.04 Å². The van der Waals surface area contributed by atoms with Crippen LogP contribution in [0.1, 0.15) is 76.3 Å². The Morgan fingerprint density at radius 1 is 1.06 bits per heavy atom. The van der Waals surface area contributed by atoms with Crippen molar-refractivity contribution in [2.45, 2.75) is 95.0 Å². The molecule has 2 aliphatic heterocycles. The minimum absolute atomic E-state index is 0.0359. The molecule has 1 aliphatic carbocycles. The number of fused-ring (bicyclic) bond motifs is 9. The summed E-state index contributed by atoms with van der Waals surface area (Å²) in [6.45, 7) is 9.62. The van der Waals surface area contributed by atoms with Crippen LogP contribution in [-0.4, -0.2) is 59.8 Å². The highest BCUT2D eigenvalue weighted by atomic mass is 32.2. The monoisotopic (exact) mass is 683 g/mol. The van der Waals surface area contributed by atoms with Crippen molar-refractivity contribution in [2.24, 2.45) is 0 Å². The summed E-state index contributed by atoms with van der Waals surface area (Å²) in [5, 5.41) is 10.7. The van der Waals surface area contributed by atoms with Crippen molar-refractivity contribution in [1.82, 2.24) is 19.5 Å². The molecule has 0 unspecified atom stereocenters. The number of nitrogens with zero attached hydrogens (tertiary/aromatic N) is 5. The summed E-state index contributed by atoms with van der Waals surface area (Å²) >= 11 is 0. The standard InChI is InChI=1S/C33H39F2N5O5SSi/c1-31(2,3)47(6,7)45-33(17-32(4,41)18-33)29-36-15-20(16-37-29)19-11-12-21-23(13-19)39-24-14-25(28(39)38-21)40(46(5,42)43)22-9-8-10-26(27(22)24)44-30(34)35/h8-13,15-16,24-25,30,41H,14,17-18H2,1-7H3/t24-,25-,32?,33?/m1/s1. The third-order valence-electron chi connectivity index (χ3n) is 10.2. The number of hydrogen-bond donors (Lipinski definition) is 1. The average Bonchev–Trinajstić information content (AvgIpc) is 3.45. The number of hydrogen-bond acceptors (Lipinski definition) is 8. The first-order valence-electron chi connectivity index (χ1n) is 15.6. The van der Waals surface area contributed by atoms with Crippen molar-refractivity contribution in [2.75, 3.05) is 10.6 Å². The molecular formula is C33H39F2N5O5SSi. The van der Waals surface area contributed by atoms with Crippen molar-refractivity contribution in [3.63, 3.8) is 0 Å². The number of ether oxygens (including phenoxy) is 1. The van der Waals surface area contributed by atoms with Crippen LogP contribution in [-0.2, 0) is 20.1 Å². The van der Waals surface area contributed by atoms with Gasteiger partial charge < -0.3 is 18.8 Å². The Morgan fingerprint density at radius 2 is 1.74 bits per heavy atom. The van der Waals surface area contributed by atoms with E-state index in [0.717, 1.165) is 22.9 Å². The molecule has 47 heavy (non-hydrogen) atoms. The Morgan fingerprint density at radius 3 is 2.34 bits per heavy atom. The lowest BCUT2D eigenvalue weighted by molar-refractivity contribution is -0.171. The Bertz CT molecular complexity index is 2000. The van der Waals surface area contributed by atoms with Gasteiger partial charge >= 0.3 is 6.61 Å². The van der Waals surface area contributed by atoms with Gasteiger partial charge in [-0.3, -0.25) is 4.31 Å². The van der Waals surface area contributed by atoms with Crippen LogP contribution in [0.5, 0.6) is 5.75 Å². The fourth-order valence-electron chi connectivity index (χ4n) is 7.37. The number of anilines is 1. The molecule has 0 amide bonds. The van der Waals surface area contributed by atoms with E-state index in [4.69, 9.17) is 24.1 Å². The first-order valence-corrected chi connectivity index (χ1v) is 20.4. The van der Waals surface area contributed by atoms with Crippen LogP contribution in [0.4, 0.5) is 14.5 Å². The van der Waals surface area contributed by atoms with E-state index in [2.05, 4.69) is 33.9 Å². The highest BCUT2D eigenvalue weighted by Crippen LogP contribution is 2.56. The zero-order valence-electron chi connectivity index (χ0n) is 27.5. The van der Waals surface area contributed by atoms with E-state index in [1.165, 1.54) is 16.4 Å². The van der Waals surface area contributed by atoms with E-state index in [-0.39, 0.29) is 10.8 Å². The van der Waals surface area contributed by atoms with Crippen LogP contribution >= 0.6 is 0 Å². The van der Waals surface area contributed by atoms with Crippen molar-refractivity contribution in [3.05, 3.63) is 66.0 Å². The molecule has 250 valence electrons. The largest absolute Gasteiger partial charge is 0.434 e. The lowest BCUT2D eigenvalue weighted by atomic mass is 9.68. The van der Waals surface area contributed by atoms with E-state index in [0.29, 0.717) is 47.7 Å². The molecule has 0 radical (unpaired) electrons. The van der Waals surface area contributed by atoms with Gasteiger partial charge in [0.25, 0.3) is 0 Å². The zero-order valence-corrected chi connectivity index (χ0v) is 29.3. The van der Waals surface area contributed by atoms with Crippen molar-refractivity contribution in [1.29, 1.82) is 0 Å². The van der Waals surface area contributed by atoms with Gasteiger partial charge in [0.1, 0.15) is 23.2 Å². The third-order valence-corrected chi connectivity index (χ3v) is 15.9. The SMILES string of the molecule is CC1(O)CC(O[Si](C)(C)C(C)(C)C)(c2ncc(-c3ccc4nc5n(c4c3)[C@@H]3C[C@H]5N(S(C)(=O)=O)c4cccc(OC(F)F)c43)cn2)C1. The molecule has 4 heterocycles. The molecule has 0 saturated heterocycles. The Hall–Kier alpha value is -3.46. The highest BCUT2D eigenvalue weighted by Gasteiger charge is 2.58. The molecule has 2 aromatic carbocycles. The normalized spacial score (nSPS) is 25.6. The van der Waals surface area contributed by atoms with Gasteiger partial charge in [0.05, 0.1) is 34.6 Å². The lowest BCUT2D eigenvalue weighted by Gasteiger charge is -2.55. The molecule has 10 nitrogen and oxygen atoms in total. The predicted molar refractivity (Wildman–Crippen MR) is 176 cm³/mol. The Labute approximate surface area is 274 Å². The van der Waals surface area contributed by atoms with Crippen LogP contribution in [0.25, 0.3) is 22.2 Å². The van der Waals surface area contributed by atoms with E-state index in [1.807, 2.05) is 22.8 Å². The second-order valence-corrected chi connectivity index (χ2v) is 21.5. The number of alkyl halides is 2. The highest BCUT2D eigenvalue weighted by molar-refractivity contribution is 7.92. The van der Waals surface area contributed by atoms with Crippen LogP contribution in [0.15, 0.2) is 48.8 Å². The molecule has 1 fully saturated rings. The molecule has 2 atom stereocenters. The second kappa shape index (κ2) is 10.3. The van der Waals surface area contributed by atoms with Crippen LogP contribution in [0, 0.1) is 0 Å². The molecule has 2 bridgehead atoms. The van der Waals surface area contributed by atoms with Gasteiger partial charge in [-0.25, -0.2) is 23.4 Å². The maximum absolute atomic E-state index is 13.5. The molecule has 4 aromatic rings. The first kappa shape index (κ1) is 32.1. The second-order valence-electron chi connectivity index (χ2n) is 14.9. The summed E-state index contributed by atoms with van der Waals surface area (Å²) < 4.78 is 68.1. The number of rotatable bonds is 7. The minimum atomic E-state index is -3.79. The maximum atomic E-state index is 13.5. The summed E-state index contributed by atoms with van der Waals surface area (Å²) in [4.78, 5) is 14.4. The smallest absolute Gasteiger partial charge is 0.387 e. The fraction of sp³-hybridized carbons (Fsp3) is 0.485. The molecule has 2 aromatic heterocycles. The number of aromatic nitrogens is 4. The van der Waals surface area contributed by atoms with E-state index in [1.54, 1.807) is 25.4 Å². The summed E-state index contributed by atoms with van der Waals surface area (Å²) in [5.41, 5.74) is 2.01. The molecule has 14 heteroatoms. The van der Waals surface area contributed by atoms with Gasteiger partial charge in [0.15, 0.2) is 14.1 Å². The topological polar surface area (TPSA) is 120 Å². The average molecular weight is 684 g/mol. The quantitative estimate of drug-likeness (QED) is 0.215. The Kier molecular flexibility index (Phi) is 7.01. The summed E-state index contributed by atoms with van der Waals surface area (Å²) in [5.74, 6) is 1.02. The predicted octanol–water partition coefficient (Wildman–Crippen LogP) is 6.67. The van der Waals surface area contributed by atoms with Crippen LogP contribution in [0.2, 0.25) is 18.1 Å². The summed E-state index contributed by atoms with van der Waals surface area (Å²) in [6.07, 6.45) is 5.77. The molecule has 3 aliphatic rings. The van der Waals surface area contributed by atoms with E-state index in [9.17, 15) is 22.3 Å². The van der Waals surface area contributed by atoms with E-state index >= 15 is 0 Å². The van der Waals surface area contributed by atoms with Gasteiger partial charge in [-0.05, 0) is 54.9 Å². The van der Waals surface area contributed by atoms with Crippen molar-refractivity contribution < 1.29 is 31.5 Å². The number of sulfonamides is 1. The fourth-order valence-corrected chi connectivity index (χ4v) is 10.0. The number of halogens is 2. The minimum Gasteiger partial charge on any atom is -0.434 e. The van der Waals surface area contributed by atoms with Gasteiger partial charge in [0.2, 0.25) is 10.0 Å². The summed E-state index contributed by atoms with van der Waals surface area (Å²) in [7, 11) is -6.02. The molecule has 1 N–H and O–H groups in total. The number of benzene rings is 2. The van der Waals surface area contributed by atoms with E-state index < -0.39 is 48.2 Å². The van der Waals surface area contributed by atoms with Gasteiger partial charge in [-0.1, -0.05) is 32.9 Å². The van der Waals surface area contributed by atoms with Crippen LogP contribution in [0.3, 0.4) is 0 Å². The maximum Gasteiger partial charge on any atom is 0.387 e. The Balaban J connectivity index is 1.29. The van der Waals surface area contributed by atoms with Gasteiger partial charge in [-0.2, -0.15) is 8.78 Å². The molecule has 0 spiro atoms. The zero-order chi connectivity index (χ0) is 33.9. The van der Waals surface area contributed by atoms with Gasteiger partial charge in [0, 0.05) is 42.8 Å². The molecule has 1 saturated carbocycles. The number of imidazole rings is 1. The number of aliphatic hydroxyl groups is 1. The lowest BCUT2D eigenvalue weighted by Crippen LogP contribution is -2.60. The van der Waals surface area contributed by atoms with Gasteiger partial charge in [-0.15, -0.1) is 0 Å². The first-order chi connectivity index (χ1) is 21.8.